The van der Waals surface area contributed by atoms with Crippen molar-refractivity contribution in [1.82, 2.24) is 9.97 Å². The molecule has 18 heavy (non-hydrogen) atoms. The van der Waals surface area contributed by atoms with E-state index >= 15 is 0 Å². The third-order valence-corrected chi connectivity index (χ3v) is 4.07. The summed E-state index contributed by atoms with van der Waals surface area (Å²) < 4.78 is 0. The monoisotopic (exact) mass is 248 g/mol. The third-order valence-electron chi connectivity index (χ3n) is 4.07. The van der Waals surface area contributed by atoms with Crippen molar-refractivity contribution in [1.29, 1.82) is 0 Å². The van der Waals surface area contributed by atoms with Gasteiger partial charge in [-0.1, -0.05) is 13.8 Å². The van der Waals surface area contributed by atoms with Crippen molar-refractivity contribution in [3.63, 3.8) is 0 Å². The van der Waals surface area contributed by atoms with Crippen molar-refractivity contribution < 1.29 is 0 Å². The maximum atomic E-state index is 4.37. The van der Waals surface area contributed by atoms with Gasteiger partial charge in [0.15, 0.2) is 0 Å². The van der Waals surface area contributed by atoms with Gasteiger partial charge in [0.1, 0.15) is 18.0 Å². The van der Waals surface area contributed by atoms with E-state index in [0.29, 0.717) is 12.0 Å². The minimum atomic E-state index is 0.541. The van der Waals surface area contributed by atoms with E-state index in [0.717, 1.165) is 23.1 Å². The fraction of sp³-hybridized carbons (Fsp3) is 0.714. The first-order valence-corrected chi connectivity index (χ1v) is 6.87. The predicted octanol–water partition coefficient (Wildman–Crippen LogP) is 3.06. The van der Waals surface area contributed by atoms with Crippen LogP contribution in [0.3, 0.4) is 0 Å². The van der Waals surface area contributed by atoms with Crippen LogP contribution in [0, 0.1) is 18.8 Å². The Hall–Kier alpha value is -1.32. The minimum Gasteiger partial charge on any atom is -0.373 e. The Morgan fingerprint density at radius 1 is 1.17 bits per heavy atom. The zero-order valence-electron chi connectivity index (χ0n) is 11.8. The fourth-order valence-corrected chi connectivity index (χ4v) is 2.90. The lowest BCUT2D eigenvalue weighted by molar-refractivity contribution is 0.276. The highest BCUT2D eigenvalue weighted by Crippen LogP contribution is 2.31. The largest absolute Gasteiger partial charge is 0.373 e. The highest BCUT2D eigenvalue weighted by molar-refractivity contribution is 5.56. The first-order chi connectivity index (χ1) is 8.61. The molecule has 3 atom stereocenters. The fourth-order valence-electron chi connectivity index (χ4n) is 2.90. The Kier molecular flexibility index (Phi) is 4.04. The molecule has 0 aliphatic heterocycles. The van der Waals surface area contributed by atoms with Gasteiger partial charge in [0, 0.05) is 18.7 Å². The number of hydrogen-bond donors (Lipinski definition) is 2. The first-order valence-electron chi connectivity index (χ1n) is 6.87. The summed E-state index contributed by atoms with van der Waals surface area (Å²) in [6, 6.07) is 0.541. The summed E-state index contributed by atoms with van der Waals surface area (Å²) in [5.74, 6) is 3.45. The standard InChI is InChI=1S/C14H24N4/c1-9-5-6-12(10(2)7-9)18-14-11(3)13(15-4)16-8-17-14/h8-10,12H,5-7H2,1-4H3,(H2,15,16,17,18). The van der Waals surface area contributed by atoms with Gasteiger partial charge in [-0.05, 0) is 38.0 Å². The quantitative estimate of drug-likeness (QED) is 0.863. The van der Waals surface area contributed by atoms with Crippen LogP contribution < -0.4 is 10.6 Å². The lowest BCUT2D eigenvalue weighted by Gasteiger charge is -2.33. The maximum absolute atomic E-state index is 4.37. The first kappa shape index (κ1) is 13.1. The van der Waals surface area contributed by atoms with Crippen LogP contribution >= 0.6 is 0 Å². The lowest BCUT2D eigenvalue weighted by Crippen LogP contribution is -2.33. The van der Waals surface area contributed by atoms with Crippen LogP contribution in [0.1, 0.15) is 38.7 Å². The molecule has 1 aliphatic rings. The van der Waals surface area contributed by atoms with Crippen LogP contribution in [-0.4, -0.2) is 23.1 Å². The predicted molar refractivity (Wildman–Crippen MR) is 75.9 cm³/mol. The van der Waals surface area contributed by atoms with Gasteiger partial charge in [0.05, 0.1) is 0 Å². The molecule has 0 spiro atoms. The van der Waals surface area contributed by atoms with Crippen LogP contribution in [0.4, 0.5) is 11.6 Å². The molecule has 2 rings (SSSR count). The normalized spacial score (nSPS) is 27.9. The molecule has 3 unspecified atom stereocenters. The van der Waals surface area contributed by atoms with Crippen LogP contribution in [0.25, 0.3) is 0 Å². The topological polar surface area (TPSA) is 49.8 Å². The Bertz CT molecular complexity index is 405. The average Bonchev–Trinajstić information content (AvgIpc) is 2.35. The highest BCUT2D eigenvalue weighted by Gasteiger charge is 2.25. The van der Waals surface area contributed by atoms with Crippen LogP contribution in [0.2, 0.25) is 0 Å². The summed E-state index contributed by atoms with van der Waals surface area (Å²) in [6.45, 7) is 6.74. The second-order valence-corrected chi connectivity index (χ2v) is 5.59. The van der Waals surface area contributed by atoms with Gasteiger partial charge in [-0.3, -0.25) is 0 Å². The molecule has 2 N–H and O–H groups in total. The molecule has 1 aliphatic carbocycles. The molecule has 1 fully saturated rings. The van der Waals surface area contributed by atoms with E-state index in [1.165, 1.54) is 19.3 Å². The molecule has 1 heterocycles. The van der Waals surface area contributed by atoms with Gasteiger partial charge in [0.25, 0.3) is 0 Å². The number of rotatable bonds is 3. The number of anilines is 2. The van der Waals surface area contributed by atoms with Gasteiger partial charge in [0.2, 0.25) is 0 Å². The second-order valence-electron chi connectivity index (χ2n) is 5.59. The smallest absolute Gasteiger partial charge is 0.134 e. The van der Waals surface area contributed by atoms with E-state index in [1.807, 2.05) is 7.05 Å². The lowest BCUT2D eigenvalue weighted by atomic mass is 9.80. The van der Waals surface area contributed by atoms with E-state index in [9.17, 15) is 0 Å². The second kappa shape index (κ2) is 5.55. The van der Waals surface area contributed by atoms with Crippen molar-refractivity contribution in [3.05, 3.63) is 11.9 Å². The van der Waals surface area contributed by atoms with Crippen molar-refractivity contribution in [2.45, 2.75) is 46.1 Å². The van der Waals surface area contributed by atoms with Crippen LogP contribution in [-0.2, 0) is 0 Å². The summed E-state index contributed by atoms with van der Waals surface area (Å²) in [5.41, 5.74) is 1.10. The molecule has 0 bridgehead atoms. The summed E-state index contributed by atoms with van der Waals surface area (Å²) in [4.78, 5) is 8.59. The Balaban J connectivity index is 2.09. The van der Waals surface area contributed by atoms with Gasteiger partial charge >= 0.3 is 0 Å². The van der Waals surface area contributed by atoms with Gasteiger partial charge in [-0.2, -0.15) is 0 Å². The van der Waals surface area contributed by atoms with Crippen LogP contribution in [0.15, 0.2) is 6.33 Å². The zero-order valence-corrected chi connectivity index (χ0v) is 11.8. The third kappa shape index (κ3) is 2.74. The molecule has 100 valence electrons. The summed E-state index contributed by atoms with van der Waals surface area (Å²) in [5, 5.41) is 6.70. The van der Waals surface area contributed by atoms with Crippen molar-refractivity contribution in [3.8, 4) is 0 Å². The molecule has 0 saturated heterocycles. The van der Waals surface area contributed by atoms with Crippen molar-refractivity contribution in [2.24, 2.45) is 11.8 Å². The van der Waals surface area contributed by atoms with Crippen molar-refractivity contribution in [2.75, 3.05) is 17.7 Å². The molecule has 0 radical (unpaired) electrons. The van der Waals surface area contributed by atoms with Gasteiger partial charge < -0.3 is 10.6 Å². The number of hydrogen-bond acceptors (Lipinski definition) is 4. The number of nitrogens with zero attached hydrogens (tertiary/aromatic N) is 2. The molecular formula is C14H24N4. The molecule has 4 heteroatoms. The van der Waals surface area contributed by atoms with E-state index in [1.54, 1.807) is 6.33 Å². The number of nitrogens with one attached hydrogen (secondary N) is 2. The highest BCUT2D eigenvalue weighted by atomic mass is 15.1. The van der Waals surface area contributed by atoms with E-state index in [-0.39, 0.29) is 0 Å². The summed E-state index contributed by atoms with van der Waals surface area (Å²) in [6.07, 6.45) is 5.48. The molecule has 1 saturated carbocycles. The minimum absolute atomic E-state index is 0.541. The molecule has 1 aromatic rings. The molecular weight excluding hydrogens is 224 g/mol. The molecule has 0 amide bonds. The summed E-state index contributed by atoms with van der Waals surface area (Å²) >= 11 is 0. The molecule has 0 aromatic carbocycles. The Labute approximate surface area is 110 Å². The molecule has 1 aromatic heterocycles. The SMILES string of the molecule is CNc1ncnc(NC2CCC(C)CC2C)c1C. The van der Waals surface area contributed by atoms with E-state index in [4.69, 9.17) is 0 Å². The Morgan fingerprint density at radius 3 is 2.56 bits per heavy atom. The van der Waals surface area contributed by atoms with E-state index in [2.05, 4.69) is 41.4 Å². The van der Waals surface area contributed by atoms with Gasteiger partial charge in [-0.15, -0.1) is 0 Å². The van der Waals surface area contributed by atoms with E-state index < -0.39 is 0 Å². The maximum Gasteiger partial charge on any atom is 0.134 e. The van der Waals surface area contributed by atoms with Crippen LogP contribution in [0.5, 0.6) is 0 Å². The Morgan fingerprint density at radius 2 is 1.89 bits per heavy atom. The number of aromatic nitrogens is 2. The average molecular weight is 248 g/mol. The zero-order chi connectivity index (χ0) is 13.1. The summed E-state index contributed by atoms with van der Waals surface area (Å²) in [7, 11) is 1.89. The molecule has 4 nitrogen and oxygen atoms in total. The van der Waals surface area contributed by atoms with Gasteiger partial charge in [-0.25, -0.2) is 9.97 Å². The van der Waals surface area contributed by atoms with Crippen molar-refractivity contribution >= 4 is 11.6 Å².